The Morgan fingerprint density at radius 2 is 1.90 bits per heavy atom. The zero-order chi connectivity index (χ0) is 20.6. The first-order valence-electron chi connectivity index (χ1n) is 10.1. The molecular weight excluding hydrogens is 366 g/mol. The summed E-state index contributed by atoms with van der Waals surface area (Å²) in [6.07, 6.45) is 3.05. The lowest BCUT2D eigenvalue weighted by atomic mass is 10.1. The Morgan fingerprint density at radius 1 is 1.14 bits per heavy atom. The monoisotopic (exact) mass is 395 g/mol. The number of ether oxygens (including phenoxy) is 1. The van der Waals surface area contributed by atoms with Crippen LogP contribution in [0, 0.1) is 5.92 Å². The Morgan fingerprint density at radius 3 is 2.55 bits per heavy atom. The Balaban J connectivity index is 1.59. The number of nitrogens with zero attached hydrogens (tertiary/aromatic N) is 1. The number of hydrogen-bond acceptors (Lipinski definition) is 4. The molecule has 0 heterocycles. The van der Waals surface area contributed by atoms with E-state index in [-0.39, 0.29) is 24.2 Å². The van der Waals surface area contributed by atoms with Crippen molar-refractivity contribution in [2.24, 2.45) is 11.7 Å². The Hall–Kier alpha value is -2.86. The van der Waals surface area contributed by atoms with Crippen LogP contribution in [-0.2, 0) is 22.6 Å². The minimum atomic E-state index is -0.0821. The highest BCUT2D eigenvalue weighted by atomic mass is 16.5. The van der Waals surface area contributed by atoms with Gasteiger partial charge in [0.1, 0.15) is 5.75 Å². The van der Waals surface area contributed by atoms with Crippen molar-refractivity contribution in [2.45, 2.75) is 32.2 Å². The van der Waals surface area contributed by atoms with Gasteiger partial charge in [0.05, 0.1) is 13.5 Å². The van der Waals surface area contributed by atoms with Crippen LogP contribution in [0.1, 0.15) is 30.4 Å². The number of methoxy groups -OCH3 is 1. The van der Waals surface area contributed by atoms with Crippen molar-refractivity contribution in [3.05, 3.63) is 59.7 Å². The van der Waals surface area contributed by atoms with E-state index in [1.165, 1.54) is 0 Å². The number of rotatable bonds is 10. The van der Waals surface area contributed by atoms with E-state index in [0.717, 1.165) is 41.8 Å². The molecule has 0 spiro atoms. The van der Waals surface area contributed by atoms with Crippen molar-refractivity contribution in [3.63, 3.8) is 0 Å². The van der Waals surface area contributed by atoms with Crippen LogP contribution in [0.4, 0.5) is 5.69 Å². The number of benzene rings is 2. The van der Waals surface area contributed by atoms with Crippen molar-refractivity contribution in [1.82, 2.24) is 4.90 Å². The summed E-state index contributed by atoms with van der Waals surface area (Å²) in [4.78, 5) is 26.8. The van der Waals surface area contributed by atoms with Gasteiger partial charge >= 0.3 is 0 Å². The van der Waals surface area contributed by atoms with Crippen LogP contribution in [0.3, 0.4) is 0 Å². The third kappa shape index (κ3) is 6.32. The Kier molecular flexibility index (Phi) is 7.25. The lowest BCUT2D eigenvalue weighted by molar-refractivity contribution is -0.133. The second-order valence-electron chi connectivity index (χ2n) is 7.45. The molecule has 1 aliphatic rings. The van der Waals surface area contributed by atoms with Gasteiger partial charge in [0.25, 0.3) is 0 Å². The maximum Gasteiger partial charge on any atom is 0.228 e. The topological polar surface area (TPSA) is 84.7 Å². The van der Waals surface area contributed by atoms with E-state index in [1.54, 1.807) is 7.11 Å². The number of anilines is 1. The number of amides is 2. The van der Waals surface area contributed by atoms with Gasteiger partial charge in [-0.1, -0.05) is 24.3 Å². The van der Waals surface area contributed by atoms with Crippen LogP contribution in [0.25, 0.3) is 0 Å². The number of nitrogens with two attached hydrogens (primary N) is 1. The molecular formula is C23H29N3O3. The predicted octanol–water partition coefficient (Wildman–Crippen LogP) is 2.96. The molecule has 0 bridgehead atoms. The fraction of sp³-hybridized carbons (Fsp3) is 0.391. The molecule has 3 rings (SSSR count). The SMILES string of the molecule is COc1ccc(CC(=O)Nc2cccc(CN(CCCN)C(=O)C3CC3)c2)cc1. The molecule has 6 nitrogen and oxygen atoms in total. The van der Waals surface area contributed by atoms with Crippen LogP contribution >= 0.6 is 0 Å². The van der Waals surface area contributed by atoms with Gasteiger partial charge in [-0.3, -0.25) is 9.59 Å². The average molecular weight is 396 g/mol. The van der Waals surface area contributed by atoms with E-state index in [1.807, 2.05) is 53.4 Å². The van der Waals surface area contributed by atoms with Gasteiger partial charge in [0.15, 0.2) is 0 Å². The van der Waals surface area contributed by atoms with Gasteiger partial charge in [-0.15, -0.1) is 0 Å². The summed E-state index contributed by atoms with van der Waals surface area (Å²) in [6, 6.07) is 15.1. The van der Waals surface area contributed by atoms with Gasteiger partial charge in [-0.2, -0.15) is 0 Å². The van der Waals surface area contributed by atoms with E-state index in [9.17, 15) is 9.59 Å². The first-order chi connectivity index (χ1) is 14.1. The second-order valence-corrected chi connectivity index (χ2v) is 7.45. The van der Waals surface area contributed by atoms with Crippen molar-refractivity contribution < 1.29 is 14.3 Å². The number of nitrogens with one attached hydrogen (secondary N) is 1. The lowest BCUT2D eigenvalue weighted by Gasteiger charge is -2.23. The van der Waals surface area contributed by atoms with Crippen LogP contribution < -0.4 is 15.8 Å². The largest absolute Gasteiger partial charge is 0.497 e. The molecule has 0 saturated heterocycles. The molecule has 29 heavy (non-hydrogen) atoms. The molecule has 2 aromatic rings. The molecule has 3 N–H and O–H groups in total. The number of hydrogen-bond donors (Lipinski definition) is 2. The molecule has 154 valence electrons. The van der Waals surface area contributed by atoms with Gasteiger partial charge < -0.3 is 20.7 Å². The maximum atomic E-state index is 12.5. The zero-order valence-electron chi connectivity index (χ0n) is 16.9. The molecule has 0 aromatic heterocycles. The minimum Gasteiger partial charge on any atom is -0.497 e. The quantitative estimate of drug-likeness (QED) is 0.648. The predicted molar refractivity (Wildman–Crippen MR) is 114 cm³/mol. The summed E-state index contributed by atoms with van der Waals surface area (Å²) in [6.45, 7) is 1.77. The van der Waals surface area contributed by atoms with Crippen molar-refractivity contribution in [2.75, 3.05) is 25.5 Å². The highest BCUT2D eigenvalue weighted by Gasteiger charge is 2.33. The summed E-state index contributed by atoms with van der Waals surface area (Å²) in [5.41, 5.74) is 8.28. The first kappa shape index (κ1) is 20.9. The maximum absolute atomic E-state index is 12.5. The van der Waals surface area contributed by atoms with E-state index >= 15 is 0 Å². The van der Waals surface area contributed by atoms with Gasteiger partial charge in [-0.25, -0.2) is 0 Å². The molecule has 0 unspecified atom stereocenters. The second kappa shape index (κ2) is 10.1. The van der Waals surface area contributed by atoms with Gasteiger partial charge in [-0.05, 0) is 61.2 Å². The summed E-state index contributed by atoms with van der Waals surface area (Å²) in [5, 5.41) is 2.95. The summed E-state index contributed by atoms with van der Waals surface area (Å²) in [7, 11) is 1.62. The Bertz CT molecular complexity index is 832. The highest BCUT2D eigenvalue weighted by Crippen LogP contribution is 2.31. The van der Waals surface area contributed by atoms with Gasteiger partial charge in [0, 0.05) is 24.7 Å². The fourth-order valence-corrected chi connectivity index (χ4v) is 3.24. The van der Waals surface area contributed by atoms with E-state index < -0.39 is 0 Å². The van der Waals surface area contributed by atoms with Crippen LogP contribution in [0.15, 0.2) is 48.5 Å². The van der Waals surface area contributed by atoms with Crippen LogP contribution in [0.5, 0.6) is 5.75 Å². The van der Waals surface area contributed by atoms with E-state index in [0.29, 0.717) is 19.6 Å². The molecule has 2 aromatic carbocycles. The molecule has 0 aliphatic heterocycles. The molecule has 1 aliphatic carbocycles. The zero-order valence-corrected chi connectivity index (χ0v) is 16.9. The van der Waals surface area contributed by atoms with Crippen molar-refractivity contribution in [3.8, 4) is 5.75 Å². The van der Waals surface area contributed by atoms with Crippen molar-refractivity contribution in [1.29, 1.82) is 0 Å². The lowest BCUT2D eigenvalue weighted by Crippen LogP contribution is -2.33. The molecule has 1 fully saturated rings. The Labute approximate surface area is 172 Å². The highest BCUT2D eigenvalue weighted by molar-refractivity contribution is 5.92. The molecule has 2 amide bonds. The molecule has 0 atom stereocenters. The minimum absolute atomic E-state index is 0.0821. The third-order valence-corrected chi connectivity index (χ3v) is 4.98. The standard InChI is InChI=1S/C23H29N3O3/c1-29-21-10-6-17(7-11-21)15-22(27)25-20-5-2-4-18(14-20)16-26(13-3-12-24)23(28)19-8-9-19/h2,4-7,10-11,14,19H,3,8-9,12-13,15-16,24H2,1H3,(H,25,27). The first-order valence-corrected chi connectivity index (χ1v) is 10.1. The van der Waals surface area contributed by atoms with Gasteiger partial charge in [0.2, 0.25) is 11.8 Å². The van der Waals surface area contributed by atoms with Crippen LogP contribution in [-0.4, -0.2) is 36.9 Å². The summed E-state index contributed by atoms with van der Waals surface area (Å²) < 4.78 is 5.14. The van der Waals surface area contributed by atoms with E-state index in [4.69, 9.17) is 10.5 Å². The fourth-order valence-electron chi connectivity index (χ4n) is 3.24. The number of carbonyl (C=O) groups excluding carboxylic acids is 2. The normalized spacial score (nSPS) is 13.0. The average Bonchev–Trinajstić information content (AvgIpc) is 3.57. The van der Waals surface area contributed by atoms with Crippen molar-refractivity contribution >= 4 is 17.5 Å². The van der Waals surface area contributed by atoms with E-state index in [2.05, 4.69) is 5.32 Å². The smallest absolute Gasteiger partial charge is 0.228 e. The molecule has 0 radical (unpaired) electrons. The van der Waals surface area contributed by atoms with Crippen LogP contribution in [0.2, 0.25) is 0 Å². The third-order valence-electron chi connectivity index (χ3n) is 4.98. The number of carbonyl (C=O) groups is 2. The summed E-state index contributed by atoms with van der Waals surface area (Å²) in [5.74, 6) is 1.08. The molecule has 6 heteroatoms. The summed E-state index contributed by atoms with van der Waals surface area (Å²) >= 11 is 0. The molecule has 1 saturated carbocycles.